The van der Waals surface area contributed by atoms with Gasteiger partial charge >= 0.3 is 0 Å². The molecule has 132 valence electrons. The third-order valence-corrected chi connectivity index (χ3v) is 4.66. The van der Waals surface area contributed by atoms with E-state index >= 15 is 0 Å². The molecule has 2 aliphatic rings. The van der Waals surface area contributed by atoms with E-state index in [2.05, 4.69) is 0 Å². The zero-order chi connectivity index (χ0) is 17.1. The number of benzene rings is 2. The first kappa shape index (κ1) is 16.2. The van der Waals surface area contributed by atoms with Crippen molar-refractivity contribution in [3.05, 3.63) is 47.8 Å². The number of carbonyl (C=O) groups excluding carboxylic acids is 1. The Morgan fingerprint density at radius 3 is 2.54 bits per heavy atom. The zero-order valence-corrected chi connectivity index (χ0v) is 14.1. The zero-order valence-electron chi connectivity index (χ0n) is 14.1. The highest BCUT2D eigenvalue weighted by molar-refractivity contribution is 6.18. The average molecular weight is 353 g/mol. The van der Waals surface area contributed by atoms with Gasteiger partial charge in [0.15, 0.2) is 23.4 Å². The summed E-state index contributed by atoms with van der Waals surface area (Å²) in [6.45, 7) is 0.195. The number of pyridine rings is 1. The summed E-state index contributed by atoms with van der Waals surface area (Å²) in [5.41, 5.74) is 1.86. The lowest BCUT2D eigenvalue weighted by atomic mass is 10.0. The van der Waals surface area contributed by atoms with Crippen molar-refractivity contribution in [2.75, 3.05) is 21.0 Å². The Kier molecular flexibility index (Phi) is 3.48. The molecule has 3 heterocycles. The SMILES string of the molecule is COc1ccc2c(c1OC)-[n+]1ccc3cc4c(cc3c1C2=O)OCO4.[OH-]. The molecule has 1 aromatic heterocycles. The number of aromatic nitrogens is 1. The lowest BCUT2D eigenvalue weighted by Crippen LogP contribution is -2.32. The first-order valence-corrected chi connectivity index (χ1v) is 7.81. The number of methoxy groups -OCH3 is 2. The van der Waals surface area contributed by atoms with E-state index in [-0.39, 0.29) is 18.1 Å². The van der Waals surface area contributed by atoms with E-state index in [1.165, 1.54) is 0 Å². The molecule has 0 fully saturated rings. The van der Waals surface area contributed by atoms with Crippen LogP contribution in [0.2, 0.25) is 0 Å². The van der Waals surface area contributed by atoms with Gasteiger partial charge in [-0.3, -0.25) is 4.79 Å². The molecule has 7 heteroatoms. The summed E-state index contributed by atoms with van der Waals surface area (Å²) in [7, 11) is 3.15. The largest absolute Gasteiger partial charge is 0.870 e. The molecule has 1 N–H and O–H groups in total. The van der Waals surface area contributed by atoms with E-state index in [1.54, 1.807) is 26.4 Å². The van der Waals surface area contributed by atoms with Gasteiger partial charge in [0.25, 0.3) is 17.2 Å². The summed E-state index contributed by atoms with van der Waals surface area (Å²) < 4.78 is 23.7. The van der Waals surface area contributed by atoms with Gasteiger partial charge in [-0.1, -0.05) is 0 Å². The fraction of sp³-hybridized carbons (Fsp3) is 0.158. The molecule has 3 aromatic rings. The van der Waals surface area contributed by atoms with Crippen LogP contribution < -0.4 is 23.5 Å². The molecule has 0 bridgehead atoms. The van der Waals surface area contributed by atoms with Gasteiger partial charge in [0.1, 0.15) is 5.56 Å². The molecule has 26 heavy (non-hydrogen) atoms. The molecular weight excluding hydrogens is 338 g/mol. The minimum atomic E-state index is -0.0552. The highest BCUT2D eigenvalue weighted by atomic mass is 16.7. The van der Waals surface area contributed by atoms with E-state index in [9.17, 15) is 4.79 Å². The second-order valence-corrected chi connectivity index (χ2v) is 5.85. The van der Waals surface area contributed by atoms with Gasteiger partial charge in [-0.25, -0.2) is 0 Å². The number of hydrogen-bond acceptors (Lipinski definition) is 6. The van der Waals surface area contributed by atoms with E-state index < -0.39 is 0 Å². The molecule has 2 aliphatic heterocycles. The lowest BCUT2D eigenvalue weighted by Gasteiger charge is -2.08. The monoisotopic (exact) mass is 353 g/mol. The molecule has 0 radical (unpaired) electrons. The Labute approximate surface area is 148 Å². The van der Waals surface area contributed by atoms with Crippen molar-refractivity contribution in [3.63, 3.8) is 0 Å². The summed E-state index contributed by atoms with van der Waals surface area (Å²) in [6.07, 6.45) is 1.87. The van der Waals surface area contributed by atoms with Crippen LogP contribution in [0.5, 0.6) is 23.0 Å². The standard InChI is InChI=1S/C19H14NO5.H2O/c1-22-13-4-3-11-17(19(13)23-2)20-6-5-10-7-14-15(25-9-24-14)8-12(10)16(20)18(11)21;/h3-8H,9H2,1-2H3;1H2/q+1;/p-1. The molecular formula is C19H15NO6. The molecule has 0 spiro atoms. The summed E-state index contributed by atoms with van der Waals surface area (Å²) in [4.78, 5) is 13.1. The van der Waals surface area contributed by atoms with Crippen LogP contribution in [0, 0.1) is 0 Å². The van der Waals surface area contributed by atoms with Gasteiger partial charge in [0.05, 0.1) is 19.6 Å². The molecule has 0 amide bonds. The molecule has 0 saturated carbocycles. The first-order chi connectivity index (χ1) is 12.2. The summed E-state index contributed by atoms with van der Waals surface area (Å²) in [6, 6.07) is 9.22. The van der Waals surface area contributed by atoms with Crippen molar-refractivity contribution in [1.29, 1.82) is 0 Å². The summed E-state index contributed by atoms with van der Waals surface area (Å²) >= 11 is 0. The molecule has 0 aliphatic carbocycles. The van der Waals surface area contributed by atoms with Gasteiger partial charge in [-0.2, -0.15) is 4.57 Å². The Bertz CT molecular complexity index is 1080. The normalized spacial score (nSPS) is 13.2. The van der Waals surface area contributed by atoms with Crippen LogP contribution in [0.1, 0.15) is 16.1 Å². The Balaban J connectivity index is 0.00000168. The van der Waals surface area contributed by atoms with E-state index in [0.717, 1.165) is 10.8 Å². The predicted molar refractivity (Wildman–Crippen MR) is 90.1 cm³/mol. The number of ether oxygens (including phenoxy) is 4. The fourth-order valence-electron chi connectivity index (χ4n) is 3.54. The molecule has 0 atom stereocenters. The van der Waals surface area contributed by atoms with Crippen LogP contribution in [0.4, 0.5) is 0 Å². The quantitative estimate of drug-likeness (QED) is 0.514. The Morgan fingerprint density at radius 2 is 1.81 bits per heavy atom. The lowest BCUT2D eigenvalue weighted by molar-refractivity contribution is -0.592. The van der Waals surface area contributed by atoms with Crippen LogP contribution in [-0.2, 0) is 0 Å². The van der Waals surface area contributed by atoms with Gasteiger partial charge in [0.2, 0.25) is 12.5 Å². The van der Waals surface area contributed by atoms with E-state index in [0.29, 0.717) is 39.9 Å². The number of nitrogens with zero attached hydrogens (tertiary/aromatic N) is 1. The second kappa shape index (κ2) is 5.60. The van der Waals surface area contributed by atoms with Crippen molar-refractivity contribution >= 4 is 16.6 Å². The van der Waals surface area contributed by atoms with Gasteiger partial charge < -0.3 is 24.4 Å². The highest BCUT2D eigenvalue weighted by Gasteiger charge is 2.41. The van der Waals surface area contributed by atoms with E-state index in [4.69, 9.17) is 18.9 Å². The number of carbonyl (C=O) groups is 1. The highest BCUT2D eigenvalue weighted by Crippen LogP contribution is 2.41. The van der Waals surface area contributed by atoms with Crippen molar-refractivity contribution in [3.8, 4) is 28.7 Å². The Morgan fingerprint density at radius 1 is 1.04 bits per heavy atom. The van der Waals surface area contributed by atoms with Gasteiger partial charge in [0, 0.05) is 6.07 Å². The van der Waals surface area contributed by atoms with Crippen LogP contribution in [0.15, 0.2) is 36.5 Å². The van der Waals surface area contributed by atoms with Crippen LogP contribution in [0.3, 0.4) is 0 Å². The van der Waals surface area contributed by atoms with Crippen LogP contribution in [0.25, 0.3) is 16.5 Å². The molecule has 0 saturated heterocycles. The van der Waals surface area contributed by atoms with Crippen molar-refractivity contribution in [1.82, 2.24) is 0 Å². The van der Waals surface area contributed by atoms with Gasteiger partial charge in [-0.05, 0) is 29.7 Å². The Hall–Kier alpha value is -3.32. The minimum Gasteiger partial charge on any atom is -0.870 e. The third kappa shape index (κ3) is 1.91. The minimum absolute atomic E-state index is 0. The second-order valence-electron chi connectivity index (χ2n) is 5.85. The maximum atomic E-state index is 13.1. The smallest absolute Gasteiger partial charge is 0.269 e. The average Bonchev–Trinajstić information content (AvgIpc) is 3.21. The topological polar surface area (TPSA) is 87.9 Å². The summed E-state index contributed by atoms with van der Waals surface area (Å²) in [5.74, 6) is 2.41. The van der Waals surface area contributed by atoms with Crippen LogP contribution in [-0.4, -0.2) is 32.3 Å². The number of fused-ring (bicyclic) bond motifs is 6. The van der Waals surface area contributed by atoms with Crippen molar-refractivity contribution in [2.45, 2.75) is 0 Å². The maximum Gasteiger partial charge on any atom is 0.269 e. The van der Waals surface area contributed by atoms with E-state index in [1.807, 2.05) is 29.0 Å². The fourth-order valence-corrected chi connectivity index (χ4v) is 3.54. The summed E-state index contributed by atoms with van der Waals surface area (Å²) in [5, 5.41) is 1.73. The molecule has 2 aromatic carbocycles. The van der Waals surface area contributed by atoms with Crippen molar-refractivity contribution < 1.29 is 33.8 Å². The molecule has 5 rings (SSSR count). The number of ketones is 1. The predicted octanol–water partition coefficient (Wildman–Crippen LogP) is 2.23. The first-order valence-electron chi connectivity index (χ1n) is 7.81. The molecule has 7 nitrogen and oxygen atoms in total. The number of rotatable bonds is 2. The number of hydrogen-bond donors (Lipinski definition) is 0. The maximum absolute atomic E-state index is 13.1. The van der Waals surface area contributed by atoms with Crippen molar-refractivity contribution in [2.24, 2.45) is 0 Å². The molecule has 0 unspecified atom stereocenters. The van der Waals surface area contributed by atoms with Gasteiger partial charge in [-0.15, -0.1) is 0 Å². The van der Waals surface area contributed by atoms with Crippen LogP contribution >= 0.6 is 0 Å². The third-order valence-electron chi connectivity index (χ3n) is 4.66.